The van der Waals surface area contributed by atoms with Gasteiger partial charge in [-0.15, -0.1) is 0 Å². The molecule has 0 radical (unpaired) electrons. The number of nitrogens with one attached hydrogen (secondary N) is 1. The van der Waals surface area contributed by atoms with Crippen molar-refractivity contribution in [3.05, 3.63) is 64.4 Å². The smallest absolute Gasteiger partial charge is 0.246 e. The maximum atomic E-state index is 11.5. The molecule has 2 N–H and O–H groups in total. The van der Waals surface area contributed by atoms with Crippen molar-refractivity contribution in [1.82, 2.24) is 10.3 Å². The SMILES string of the molecule is O=C(CO)NC(Cc1ccccn1)c1ccc(Br)cc1. The second kappa shape index (κ2) is 7.17. The summed E-state index contributed by atoms with van der Waals surface area (Å²) in [5, 5.41) is 11.7. The van der Waals surface area contributed by atoms with Crippen molar-refractivity contribution in [3.63, 3.8) is 0 Å². The fourth-order valence-corrected chi connectivity index (χ4v) is 2.18. The third-order valence-electron chi connectivity index (χ3n) is 2.89. The molecule has 1 aromatic heterocycles. The molecule has 1 atom stereocenters. The van der Waals surface area contributed by atoms with Crippen LogP contribution in [0.25, 0.3) is 0 Å². The molecule has 0 bridgehead atoms. The van der Waals surface area contributed by atoms with Crippen molar-refractivity contribution >= 4 is 21.8 Å². The van der Waals surface area contributed by atoms with Crippen LogP contribution in [0.5, 0.6) is 0 Å². The van der Waals surface area contributed by atoms with Gasteiger partial charge in [-0.1, -0.05) is 34.1 Å². The van der Waals surface area contributed by atoms with E-state index in [0.29, 0.717) is 6.42 Å². The molecule has 0 aliphatic rings. The molecule has 0 saturated heterocycles. The number of hydrogen-bond acceptors (Lipinski definition) is 3. The number of carbonyl (C=O) groups excluding carboxylic acids is 1. The Kier molecular flexibility index (Phi) is 5.26. The number of hydrogen-bond donors (Lipinski definition) is 2. The van der Waals surface area contributed by atoms with Gasteiger partial charge in [0, 0.05) is 22.8 Å². The van der Waals surface area contributed by atoms with Gasteiger partial charge in [-0.3, -0.25) is 9.78 Å². The average Bonchev–Trinajstić information content (AvgIpc) is 2.48. The van der Waals surface area contributed by atoms with Crippen molar-refractivity contribution in [2.45, 2.75) is 12.5 Å². The van der Waals surface area contributed by atoms with Gasteiger partial charge in [0.25, 0.3) is 0 Å². The third-order valence-corrected chi connectivity index (χ3v) is 3.42. The zero-order valence-corrected chi connectivity index (χ0v) is 12.4. The van der Waals surface area contributed by atoms with Crippen LogP contribution in [0.2, 0.25) is 0 Å². The Labute approximate surface area is 126 Å². The van der Waals surface area contributed by atoms with Crippen LogP contribution in [0.3, 0.4) is 0 Å². The van der Waals surface area contributed by atoms with Crippen LogP contribution in [0.15, 0.2) is 53.1 Å². The fourth-order valence-electron chi connectivity index (χ4n) is 1.92. The first-order valence-corrected chi connectivity index (χ1v) is 7.04. The number of halogens is 1. The van der Waals surface area contributed by atoms with Crippen LogP contribution in [0.1, 0.15) is 17.3 Å². The number of aliphatic hydroxyl groups excluding tert-OH is 1. The zero-order valence-electron chi connectivity index (χ0n) is 10.8. The summed E-state index contributed by atoms with van der Waals surface area (Å²) in [5.74, 6) is -0.395. The van der Waals surface area contributed by atoms with E-state index >= 15 is 0 Å². The summed E-state index contributed by atoms with van der Waals surface area (Å²) < 4.78 is 0.978. The second-order valence-corrected chi connectivity index (χ2v) is 5.27. The van der Waals surface area contributed by atoms with E-state index in [1.807, 2.05) is 42.5 Å². The summed E-state index contributed by atoms with van der Waals surface area (Å²) in [6, 6.07) is 13.2. The summed E-state index contributed by atoms with van der Waals surface area (Å²) in [7, 11) is 0. The Bertz CT molecular complexity index is 558. The number of amides is 1. The molecule has 2 rings (SSSR count). The van der Waals surface area contributed by atoms with Crippen LogP contribution in [0.4, 0.5) is 0 Å². The maximum absolute atomic E-state index is 11.5. The molecule has 0 fully saturated rings. The Morgan fingerprint density at radius 3 is 2.60 bits per heavy atom. The molecule has 0 aliphatic carbocycles. The Balaban J connectivity index is 2.20. The van der Waals surface area contributed by atoms with Gasteiger partial charge in [-0.25, -0.2) is 0 Å². The van der Waals surface area contributed by atoms with Gasteiger partial charge in [-0.05, 0) is 29.8 Å². The molecule has 1 amide bonds. The van der Waals surface area contributed by atoms with Crippen LogP contribution < -0.4 is 5.32 Å². The Hall–Kier alpha value is -1.72. The molecule has 0 saturated carbocycles. The molecule has 0 aliphatic heterocycles. The molecule has 1 unspecified atom stereocenters. The highest BCUT2D eigenvalue weighted by Crippen LogP contribution is 2.20. The number of aliphatic hydroxyl groups is 1. The van der Waals surface area contributed by atoms with Gasteiger partial charge in [0.1, 0.15) is 6.61 Å². The van der Waals surface area contributed by atoms with Crippen molar-refractivity contribution in [1.29, 1.82) is 0 Å². The molecule has 104 valence electrons. The van der Waals surface area contributed by atoms with Gasteiger partial charge < -0.3 is 10.4 Å². The number of nitrogens with zero attached hydrogens (tertiary/aromatic N) is 1. The summed E-state index contributed by atoms with van der Waals surface area (Å²) in [6.45, 7) is -0.519. The first-order valence-electron chi connectivity index (χ1n) is 6.24. The maximum Gasteiger partial charge on any atom is 0.246 e. The highest BCUT2D eigenvalue weighted by Gasteiger charge is 2.15. The summed E-state index contributed by atoms with van der Waals surface area (Å²) in [4.78, 5) is 15.7. The van der Waals surface area contributed by atoms with Crippen molar-refractivity contribution in [3.8, 4) is 0 Å². The molecular weight excluding hydrogens is 320 g/mol. The number of benzene rings is 1. The minimum absolute atomic E-state index is 0.211. The molecule has 0 spiro atoms. The Morgan fingerprint density at radius 2 is 2.00 bits per heavy atom. The van der Waals surface area contributed by atoms with Gasteiger partial charge in [0.15, 0.2) is 0 Å². The lowest BCUT2D eigenvalue weighted by Gasteiger charge is -2.18. The lowest BCUT2D eigenvalue weighted by atomic mass is 10.0. The predicted molar refractivity (Wildman–Crippen MR) is 80.1 cm³/mol. The molecular formula is C15H15BrN2O2. The first kappa shape index (κ1) is 14.7. The van der Waals surface area contributed by atoms with E-state index in [4.69, 9.17) is 5.11 Å². The molecule has 20 heavy (non-hydrogen) atoms. The molecule has 2 aromatic rings. The van der Waals surface area contributed by atoms with Gasteiger partial charge in [-0.2, -0.15) is 0 Å². The normalized spacial score (nSPS) is 11.9. The topological polar surface area (TPSA) is 62.2 Å². The van der Waals surface area contributed by atoms with E-state index in [1.54, 1.807) is 6.20 Å². The van der Waals surface area contributed by atoms with Crippen LogP contribution in [-0.4, -0.2) is 22.6 Å². The van der Waals surface area contributed by atoms with Crippen LogP contribution >= 0.6 is 15.9 Å². The fraction of sp³-hybridized carbons (Fsp3) is 0.200. The third kappa shape index (κ3) is 4.15. The lowest BCUT2D eigenvalue weighted by Crippen LogP contribution is -2.32. The monoisotopic (exact) mass is 334 g/mol. The van der Waals surface area contributed by atoms with E-state index in [-0.39, 0.29) is 6.04 Å². The molecule has 1 heterocycles. The molecule has 5 heteroatoms. The second-order valence-electron chi connectivity index (χ2n) is 4.35. The highest BCUT2D eigenvalue weighted by atomic mass is 79.9. The molecule has 4 nitrogen and oxygen atoms in total. The predicted octanol–water partition coefficient (Wildman–Crippen LogP) is 2.24. The summed E-state index contributed by atoms with van der Waals surface area (Å²) >= 11 is 3.39. The van der Waals surface area contributed by atoms with Crippen molar-refractivity contribution in [2.24, 2.45) is 0 Å². The van der Waals surface area contributed by atoms with E-state index in [2.05, 4.69) is 26.2 Å². The van der Waals surface area contributed by atoms with E-state index in [9.17, 15) is 4.79 Å². The number of pyridine rings is 1. The lowest BCUT2D eigenvalue weighted by molar-refractivity contribution is -0.124. The van der Waals surface area contributed by atoms with E-state index in [1.165, 1.54) is 0 Å². The minimum Gasteiger partial charge on any atom is -0.387 e. The highest BCUT2D eigenvalue weighted by molar-refractivity contribution is 9.10. The molecule has 1 aromatic carbocycles. The summed E-state index contributed by atoms with van der Waals surface area (Å²) in [5.41, 5.74) is 1.86. The van der Waals surface area contributed by atoms with Crippen molar-refractivity contribution < 1.29 is 9.90 Å². The largest absolute Gasteiger partial charge is 0.387 e. The number of rotatable bonds is 5. The first-order chi connectivity index (χ1) is 9.69. The van der Waals surface area contributed by atoms with Crippen LogP contribution in [0, 0.1) is 0 Å². The van der Waals surface area contributed by atoms with Gasteiger partial charge >= 0.3 is 0 Å². The number of carbonyl (C=O) groups is 1. The van der Waals surface area contributed by atoms with E-state index in [0.717, 1.165) is 15.7 Å². The minimum atomic E-state index is -0.519. The Morgan fingerprint density at radius 1 is 1.25 bits per heavy atom. The van der Waals surface area contributed by atoms with Gasteiger partial charge in [0.2, 0.25) is 5.91 Å². The summed E-state index contributed by atoms with van der Waals surface area (Å²) in [6.07, 6.45) is 2.30. The standard InChI is InChI=1S/C15H15BrN2O2/c16-12-6-4-11(5-7-12)14(18-15(20)10-19)9-13-3-1-2-8-17-13/h1-8,14,19H,9-10H2,(H,18,20). The number of aromatic nitrogens is 1. The van der Waals surface area contributed by atoms with Gasteiger partial charge in [0.05, 0.1) is 6.04 Å². The average molecular weight is 335 g/mol. The van der Waals surface area contributed by atoms with Crippen molar-refractivity contribution in [2.75, 3.05) is 6.61 Å². The van der Waals surface area contributed by atoms with E-state index < -0.39 is 12.5 Å². The van der Waals surface area contributed by atoms with Crippen LogP contribution in [-0.2, 0) is 11.2 Å². The quantitative estimate of drug-likeness (QED) is 0.881. The zero-order chi connectivity index (χ0) is 14.4.